The molecule has 0 saturated heterocycles. The molecule has 0 fully saturated rings. The highest BCUT2D eigenvalue weighted by Gasteiger charge is 2.09. The molecule has 0 radical (unpaired) electrons. The normalized spacial score (nSPS) is 11.1. The Hall–Kier alpha value is -1.09. The molecular weight excluding hydrogens is 474 g/mol. The number of benzene rings is 1. The van der Waals surface area contributed by atoms with E-state index in [-0.39, 0.29) is 29.8 Å². The molecule has 2 aromatic rings. The van der Waals surface area contributed by atoms with Gasteiger partial charge in [0.05, 0.1) is 6.54 Å². The van der Waals surface area contributed by atoms with E-state index < -0.39 is 0 Å². The standard InChI is InChI=1S/C16H20BrFN4.HI/c1-19-16(22(3)11-14-5-4-8-21(14)2)20-10-12-9-13(18)6-7-15(12)17;/h4-9H,10-11H2,1-3H3,(H,19,20);1H. The topological polar surface area (TPSA) is 32.6 Å². The third kappa shape index (κ3) is 5.49. The van der Waals surface area contributed by atoms with Crippen molar-refractivity contribution in [1.29, 1.82) is 0 Å². The van der Waals surface area contributed by atoms with Gasteiger partial charge in [0.15, 0.2) is 5.96 Å². The summed E-state index contributed by atoms with van der Waals surface area (Å²) in [6, 6.07) is 8.75. The summed E-state index contributed by atoms with van der Waals surface area (Å²) >= 11 is 3.43. The molecule has 0 amide bonds. The maximum atomic E-state index is 13.3. The first-order valence-electron chi connectivity index (χ1n) is 6.97. The molecule has 0 atom stereocenters. The summed E-state index contributed by atoms with van der Waals surface area (Å²) in [6.45, 7) is 1.25. The van der Waals surface area contributed by atoms with E-state index in [2.05, 4.69) is 36.9 Å². The van der Waals surface area contributed by atoms with Crippen LogP contribution in [0.4, 0.5) is 4.39 Å². The van der Waals surface area contributed by atoms with E-state index in [9.17, 15) is 4.39 Å². The number of aromatic nitrogens is 1. The summed E-state index contributed by atoms with van der Waals surface area (Å²) < 4.78 is 16.3. The molecule has 1 aromatic carbocycles. The van der Waals surface area contributed by atoms with Crippen molar-refractivity contribution >= 4 is 45.9 Å². The summed E-state index contributed by atoms with van der Waals surface area (Å²) in [5.74, 6) is 0.518. The van der Waals surface area contributed by atoms with Crippen molar-refractivity contribution in [3.8, 4) is 0 Å². The zero-order chi connectivity index (χ0) is 16.1. The highest BCUT2D eigenvalue weighted by atomic mass is 127. The average molecular weight is 495 g/mol. The second-order valence-electron chi connectivity index (χ2n) is 5.10. The van der Waals surface area contributed by atoms with E-state index in [0.717, 1.165) is 22.5 Å². The van der Waals surface area contributed by atoms with Crippen molar-refractivity contribution in [3.63, 3.8) is 0 Å². The summed E-state index contributed by atoms with van der Waals surface area (Å²) in [5, 5.41) is 3.26. The summed E-state index contributed by atoms with van der Waals surface area (Å²) in [7, 11) is 5.73. The molecular formula is C16H21BrFIN4. The van der Waals surface area contributed by atoms with Gasteiger partial charge in [-0.15, -0.1) is 24.0 Å². The zero-order valence-electron chi connectivity index (χ0n) is 13.4. The average Bonchev–Trinajstić information content (AvgIpc) is 2.88. The Labute approximate surface area is 161 Å². The second kappa shape index (κ2) is 9.27. The summed E-state index contributed by atoms with van der Waals surface area (Å²) in [5.41, 5.74) is 2.05. The van der Waals surface area contributed by atoms with Gasteiger partial charge in [-0.25, -0.2) is 4.39 Å². The second-order valence-corrected chi connectivity index (χ2v) is 5.96. The van der Waals surface area contributed by atoms with Crippen LogP contribution in [0.5, 0.6) is 0 Å². The Morgan fingerprint density at radius 1 is 1.39 bits per heavy atom. The number of aryl methyl sites for hydroxylation is 1. The molecule has 1 aromatic heterocycles. The lowest BCUT2D eigenvalue weighted by molar-refractivity contribution is 0.461. The number of aliphatic imine (C=N–C) groups is 1. The fraction of sp³-hybridized carbons (Fsp3) is 0.312. The lowest BCUT2D eigenvalue weighted by atomic mass is 10.2. The molecule has 0 spiro atoms. The summed E-state index contributed by atoms with van der Waals surface area (Å²) in [6.07, 6.45) is 2.02. The van der Waals surface area contributed by atoms with Crippen LogP contribution >= 0.6 is 39.9 Å². The predicted octanol–water partition coefficient (Wildman–Crippen LogP) is 3.75. The number of nitrogens with one attached hydrogen (secondary N) is 1. The van der Waals surface area contributed by atoms with Gasteiger partial charge in [-0.3, -0.25) is 4.99 Å². The minimum absolute atomic E-state index is 0. The Kier molecular flexibility index (Phi) is 8.04. The molecule has 23 heavy (non-hydrogen) atoms. The molecule has 0 saturated carbocycles. The smallest absolute Gasteiger partial charge is 0.194 e. The number of hydrogen-bond acceptors (Lipinski definition) is 1. The number of halogens is 3. The van der Waals surface area contributed by atoms with Crippen LogP contribution in [-0.4, -0.2) is 29.5 Å². The first kappa shape index (κ1) is 20.0. The highest BCUT2D eigenvalue weighted by Crippen LogP contribution is 2.17. The molecule has 0 aliphatic rings. The van der Waals surface area contributed by atoms with Crippen molar-refractivity contribution in [2.45, 2.75) is 13.1 Å². The van der Waals surface area contributed by atoms with Gasteiger partial charge in [-0.1, -0.05) is 15.9 Å². The molecule has 0 unspecified atom stereocenters. The maximum Gasteiger partial charge on any atom is 0.194 e. The van der Waals surface area contributed by atoms with Gasteiger partial charge in [0, 0.05) is 44.1 Å². The lowest BCUT2D eigenvalue weighted by Gasteiger charge is -2.22. The minimum Gasteiger partial charge on any atom is -0.353 e. The third-order valence-corrected chi connectivity index (χ3v) is 4.24. The van der Waals surface area contributed by atoms with Crippen molar-refractivity contribution < 1.29 is 4.39 Å². The number of nitrogens with zero attached hydrogens (tertiary/aromatic N) is 3. The van der Waals surface area contributed by atoms with Crippen LogP contribution in [0.15, 0.2) is 46.0 Å². The Balaban J connectivity index is 0.00000264. The van der Waals surface area contributed by atoms with Crippen molar-refractivity contribution in [2.24, 2.45) is 12.0 Å². The van der Waals surface area contributed by atoms with E-state index >= 15 is 0 Å². The van der Waals surface area contributed by atoms with Crippen LogP contribution in [0, 0.1) is 5.82 Å². The van der Waals surface area contributed by atoms with E-state index in [1.54, 1.807) is 13.1 Å². The molecule has 0 aliphatic carbocycles. The van der Waals surface area contributed by atoms with E-state index in [4.69, 9.17) is 0 Å². The molecule has 1 N–H and O–H groups in total. The first-order chi connectivity index (χ1) is 10.5. The largest absolute Gasteiger partial charge is 0.353 e. The fourth-order valence-electron chi connectivity index (χ4n) is 2.22. The molecule has 4 nitrogen and oxygen atoms in total. The maximum absolute atomic E-state index is 13.3. The van der Waals surface area contributed by atoms with Gasteiger partial charge in [-0.2, -0.15) is 0 Å². The van der Waals surface area contributed by atoms with Gasteiger partial charge in [-0.05, 0) is 35.9 Å². The van der Waals surface area contributed by atoms with E-state index in [1.165, 1.54) is 17.8 Å². The van der Waals surface area contributed by atoms with Crippen LogP contribution in [-0.2, 0) is 20.1 Å². The third-order valence-electron chi connectivity index (χ3n) is 3.47. The highest BCUT2D eigenvalue weighted by molar-refractivity contribution is 14.0. The van der Waals surface area contributed by atoms with Gasteiger partial charge < -0.3 is 14.8 Å². The molecule has 2 rings (SSSR count). The van der Waals surface area contributed by atoms with Crippen molar-refractivity contribution in [1.82, 2.24) is 14.8 Å². The van der Waals surface area contributed by atoms with Crippen molar-refractivity contribution in [2.75, 3.05) is 14.1 Å². The molecule has 0 bridgehead atoms. The monoisotopic (exact) mass is 494 g/mol. The number of hydrogen-bond donors (Lipinski definition) is 1. The van der Waals surface area contributed by atoms with Gasteiger partial charge in [0.2, 0.25) is 0 Å². The van der Waals surface area contributed by atoms with Crippen LogP contribution in [0.2, 0.25) is 0 Å². The quantitative estimate of drug-likeness (QED) is 0.399. The van der Waals surface area contributed by atoms with Crippen LogP contribution in [0.25, 0.3) is 0 Å². The molecule has 1 heterocycles. The molecule has 126 valence electrons. The number of guanidine groups is 1. The SMILES string of the molecule is CN=C(NCc1cc(F)ccc1Br)N(C)Cc1cccn1C.I. The summed E-state index contributed by atoms with van der Waals surface area (Å²) in [4.78, 5) is 6.31. The Morgan fingerprint density at radius 3 is 2.74 bits per heavy atom. The Morgan fingerprint density at radius 2 is 2.13 bits per heavy atom. The van der Waals surface area contributed by atoms with Gasteiger partial charge in [0.1, 0.15) is 5.82 Å². The fourth-order valence-corrected chi connectivity index (χ4v) is 2.60. The lowest BCUT2D eigenvalue weighted by Crippen LogP contribution is -2.38. The van der Waals surface area contributed by atoms with Crippen molar-refractivity contribution in [3.05, 3.63) is 58.1 Å². The zero-order valence-corrected chi connectivity index (χ0v) is 17.3. The van der Waals surface area contributed by atoms with E-state index in [0.29, 0.717) is 6.54 Å². The molecule has 7 heteroatoms. The predicted molar refractivity (Wildman–Crippen MR) is 107 cm³/mol. The minimum atomic E-state index is -0.243. The Bertz CT molecular complexity index is 672. The first-order valence-corrected chi connectivity index (χ1v) is 7.76. The van der Waals surface area contributed by atoms with Gasteiger partial charge in [0.25, 0.3) is 0 Å². The van der Waals surface area contributed by atoms with Gasteiger partial charge >= 0.3 is 0 Å². The molecule has 0 aliphatic heterocycles. The van der Waals surface area contributed by atoms with Crippen LogP contribution in [0.1, 0.15) is 11.3 Å². The number of rotatable bonds is 4. The van der Waals surface area contributed by atoms with Crippen LogP contribution in [0.3, 0.4) is 0 Å². The van der Waals surface area contributed by atoms with E-state index in [1.807, 2.05) is 31.3 Å². The van der Waals surface area contributed by atoms with Crippen LogP contribution < -0.4 is 5.32 Å².